The lowest BCUT2D eigenvalue weighted by Crippen LogP contribution is -2.22. The summed E-state index contributed by atoms with van der Waals surface area (Å²) in [6.07, 6.45) is 6.47. The second-order valence-corrected chi connectivity index (χ2v) is 4.47. The fraction of sp³-hybridized carbons (Fsp3) is 0.462. The van der Waals surface area contributed by atoms with E-state index in [4.69, 9.17) is 4.42 Å². The normalized spacial score (nSPS) is 17.8. The largest absolute Gasteiger partial charge is 0.424 e. The van der Waals surface area contributed by atoms with Crippen LogP contribution in [-0.2, 0) is 0 Å². The molecule has 3 rings (SSSR count). The lowest BCUT2D eigenvalue weighted by molar-refractivity contribution is 0.451. The SMILES string of the molecule is c1ccc2oc(NC3CCCCC3)nc2c1. The van der Waals surface area contributed by atoms with Gasteiger partial charge in [-0.3, -0.25) is 0 Å². The lowest BCUT2D eigenvalue weighted by Gasteiger charge is -2.21. The minimum absolute atomic E-state index is 0.543. The molecule has 2 aromatic rings. The fourth-order valence-corrected chi connectivity index (χ4v) is 2.36. The van der Waals surface area contributed by atoms with Gasteiger partial charge in [0.25, 0.3) is 6.01 Å². The molecular weight excluding hydrogens is 200 g/mol. The minimum atomic E-state index is 0.543. The maximum atomic E-state index is 5.65. The van der Waals surface area contributed by atoms with Crippen LogP contribution in [0.25, 0.3) is 11.1 Å². The second kappa shape index (κ2) is 4.16. The third-order valence-electron chi connectivity index (χ3n) is 3.23. The molecule has 0 unspecified atom stereocenters. The van der Waals surface area contributed by atoms with E-state index in [-0.39, 0.29) is 0 Å². The number of para-hydroxylation sites is 2. The van der Waals surface area contributed by atoms with E-state index in [1.165, 1.54) is 32.1 Å². The molecule has 84 valence electrons. The van der Waals surface area contributed by atoms with Crippen LogP contribution >= 0.6 is 0 Å². The van der Waals surface area contributed by atoms with Crippen molar-refractivity contribution in [2.45, 2.75) is 38.1 Å². The van der Waals surface area contributed by atoms with Crippen molar-refractivity contribution < 1.29 is 4.42 Å². The van der Waals surface area contributed by atoms with Crippen LogP contribution in [0.15, 0.2) is 28.7 Å². The molecule has 1 aromatic heterocycles. The van der Waals surface area contributed by atoms with Crippen LogP contribution in [0.5, 0.6) is 0 Å². The quantitative estimate of drug-likeness (QED) is 0.833. The maximum absolute atomic E-state index is 5.65. The van der Waals surface area contributed by atoms with Gasteiger partial charge in [-0.2, -0.15) is 4.98 Å². The van der Waals surface area contributed by atoms with Crippen molar-refractivity contribution >= 4 is 17.1 Å². The van der Waals surface area contributed by atoms with Crippen molar-refractivity contribution in [2.75, 3.05) is 5.32 Å². The molecule has 1 aliphatic carbocycles. The van der Waals surface area contributed by atoms with Crippen molar-refractivity contribution in [3.05, 3.63) is 24.3 Å². The fourth-order valence-electron chi connectivity index (χ4n) is 2.36. The number of oxazole rings is 1. The minimum Gasteiger partial charge on any atom is -0.424 e. The zero-order chi connectivity index (χ0) is 10.8. The number of rotatable bonds is 2. The summed E-state index contributed by atoms with van der Waals surface area (Å²) in [7, 11) is 0. The Morgan fingerprint density at radius 3 is 2.75 bits per heavy atom. The second-order valence-electron chi connectivity index (χ2n) is 4.47. The topological polar surface area (TPSA) is 38.1 Å². The van der Waals surface area contributed by atoms with Crippen molar-refractivity contribution in [3.8, 4) is 0 Å². The smallest absolute Gasteiger partial charge is 0.295 e. The van der Waals surface area contributed by atoms with E-state index < -0.39 is 0 Å². The number of anilines is 1. The van der Waals surface area contributed by atoms with Gasteiger partial charge in [0, 0.05) is 6.04 Å². The predicted molar refractivity (Wildman–Crippen MR) is 64.5 cm³/mol. The van der Waals surface area contributed by atoms with Crippen LogP contribution in [0, 0.1) is 0 Å². The first-order chi connectivity index (χ1) is 7.92. The molecule has 1 N–H and O–H groups in total. The molecule has 0 atom stereocenters. The summed E-state index contributed by atoms with van der Waals surface area (Å²) in [5, 5.41) is 3.39. The molecule has 0 bridgehead atoms. The number of fused-ring (bicyclic) bond motifs is 1. The molecule has 1 aliphatic rings. The molecule has 0 amide bonds. The van der Waals surface area contributed by atoms with Gasteiger partial charge in [-0.1, -0.05) is 31.4 Å². The van der Waals surface area contributed by atoms with E-state index in [1.807, 2.05) is 24.3 Å². The first kappa shape index (κ1) is 9.70. The molecule has 0 radical (unpaired) electrons. The number of nitrogens with zero attached hydrogens (tertiary/aromatic N) is 1. The van der Waals surface area contributed by atoms with Crippen LogP contribution in [0.1, 0.15) is 32.1 Å². The lowest BCUT2D eigenvalue weighted by atomic mass is 9.96. The number of benzene rings is 1. The number of hydrogen-bond donors (Lipinski definition) is 1. The standard InChI is InChI=1S/C13H16N2O/c1-2-6-10(7-3-1)14-13-15-11-8-4-5-9-12(11)16-13/h4-5,8-10H,1-3,6-7H2,(H,14,15). The number of aromatic nitrogens is 1. The van der Waals surface area contributed by atoms with Crippen LogP contribution in [0.4, 0.5) is 6.01 Å². The molecule has 3 heteroatoms. The molecule has 3 nitrogen and oxygen atoms in total. The Morgan fingerprint density at radius 1 is 1.12 bits per heavy atom. The Hall–Kier alpha value is -1.51. The molecule has 1 fully saturated rings. The summed E-state index contributed by atoms with van der Waals surface area (Å²) in [6, 6.07) is 9.10. The molecule has 0 aliphatic heterocycles. The highest BCUT2D eigenvalue weighted by atomic mass is 16.4. The highest BCUT2D eigenvalue weighted by molar-refractivity contribution is 5.74. The van der Waals surface area contributed by atoms with E-state index in [2.05, 4.69) is 10.3 Å². The summed E-state index contributed by atoms with van der Waals surface area (Å²) >= 11 is 0. The molecule has 0 saturated heterocycles. The maximum Gasteiger partial charge on any atom is 0.295 e. The summed E-state index contributed by atoms with van der Waals surface area (Å²) in [5.41, 5.74) is 1.79. The van der Waals surface area contributed by atoms with Gasteiger partial charge < -0.3 is 9.73 Å². The van der Waals surface area contributed by atoms with Gasteiger partial charge in [-0.15, -0.1) is 0 Å². The Morgan fingerprint density at radius 2 is 1.94 bits per heavy atom. The van der Waals surface area contributed by atoms with Gasteiger partial charge >= 0.3 is 0 Å². The van der Waals surface area contributed by atoms with Crippen molar-refractivity contribution in [3.63, 3.8) is 0 Å². The van der Waals surface area contributed by atoms with Gasteiger partial charge in [-0.05, 0) is 25.0 Å². The van der Waals surface area contributed by atoms with E-state index in [9.17, 15) is 0 Å². The number of nitrogens with one attached hydrogen (secondary N) is 1. The molecule has 0 spiro atoms. The number of hydrogen-bond acceptors (Lipinski definition) is 3. The monoisotopic (exact) mass is 216 g/mol. The molecule has 1 saturated carbocycles. The average Bonchev–Trinajstić information content (AvgIpc) is 2.72. The van der Waals surface area contributed by atoms with Crippen LogP contribution in [0.2, 0.25) is 0 Å². The molecule has 1 aromatic carbocycles. The summed E-state index contributed by atoms with van der Waals surface area (Å²) in [5.74, 6) is 0. The van der Waals surface area contributed by atoms with Gasteiger partial charge in [-0.25, -0.2) is 0 Å². The Labute approximate surface area is 94.9 Å². The highest BCUT2D eigenvalue weighted by Gasteiger charge is 2.15. The Kier molecular flexibility index (Phi) is 2.52. The van der Waals surface area contributed by atoms with Crippen molar-refractivity contribution in [1.82, 2.24) is 4.98 Å². The third kappa shape index (κ3) is 1.90. The zero-order valence-electron chi connectivity index (χ0n) is 9.28. The average molecular weight is 216 g/mol. The predicted octanol–water partition coefficient (Wildman–Crippen LogP) is 3.57. The molecule has 1 heterocycles. The van der Waals surface area contributed by atoms with Crippen molar-refractivity contribution in [1.29, 1.82) is 0 Å². The van der Waals surface area contributed by atoms with E-state index in [1.54, 1.807) is 0 Å². The van der Waals surface area contributed by atoms with Crippen LogP contribution < -0.4 is 5.32 Å². The Bertz CT molecular complexity index is 438. The van der Waals surface area contributed by atoms with Gasteiger partial charge in [0.05, 0.1) is 0 Å². The van der Waals surface area contributed by atoms with E-state index in [0.717, 1.165) is 11.1 Å². The molecular formula is C13H16N2O. The highest BCUT2D eigenvalue weighted by Crippen LogP contribution is 2.23. The first-order valence-corrected chi connectivity index (χ1v) is 6.04. The Balaban J connectivity index is 1.78. The van der Waals surface area contributed by atoms with Gasteiger partial charge in [0.2, 0.25) is 0 Å². The van der Waals surface area contributed by atoms with Gasteiger partial charge in [0.1, 0.15) is 5.52 Å². The first-order valence-electron chi connectivity index (χ1n) is 6.04. The summed E-state index contributed by atoms with van der Waals surface area (Å²) < 4.78 is 5.65. The summed E-state index contributed by atoms with van der Waals surface area (Å²) in [4.78, 5) is 4.43. The van der Waals surface area contributed by atoms with Crippen LogP contribution in [0.3, 0.4) is 0 Å². The van der Waals surface area contributed by atoms with E-state index >= 15 is 0 Å². The van der Waals surface area contributed by atoms with Gasteiger partial charge in [0.15, 0.2) is 5.58 Å². The summed E-state index contributed by atoms with van der Waals surface area (Å²) in [6.45, 7) is 0. The zero-order valence-corrected chi connectivity index (χ0v) is 9.28. The third-order valence-corrected chi connectivity index (χ3v) is 3.23. The van der Waals surface area contributed by atoms with E-state index in [0.29, 0.717) is 12.1 Å². The van der Waals surface area contributed by atoms with Crippen molar-refractivity contribution in [2.24, 2.45) is 0 Å². The van der Waals surface area contributed by atoms with Crippen LogP contribution in [-0.4, -0.2) is 11.0 Å². The molecule has 16 heavy (non-hydrogen) atoms.